The monoisotopic (exact) mass is 444 g/mol. The molecule has 2 aliphatic rings. The number of aromatic nitrogens is 4. The highest BCUT2D eigenvalue weighted by Gasteiger charge is 2.47. The van der Waals surface area contributed by atoms with Crippen molar-refractivity contribution in [1.29, 1.82) is 0 Å². The third-order valence-corrected chi connectivity index (χ3v) is 7.52. The Morgan fingerprint density at radius 2 is 2.12 bits per heavy atom. The van der Waals surface area contributed by atoms with Crippen LogP contribution in [0.4, 0.5) is 0 Å². The van der Waals surface area contributed by atoms with Gasteiger partial charge in [-0.1, -0.05) is 0 Å². The molecule has 0 radical (unpaired) electrons. The largest absolute Gasteiger partial charge is 0.494 e. The number of piperidine rings is 1. The number of methoxy groups -OCH3 is 1. The number of amides is 1. The maximum absolute atomic E-state index is 13.4. The molecule has 2 fully saturated rings. The minimum Gasteiger partial charge on any atom is -0.494 e. The fourth-order valence-corrected chi connectivity index (χ4v) is 5.86. The molecule has 1 saturated carbocycles. The van der Waals surface area contributed by atoms with E-state index in [1.54, 1.807) is 7.11 Å². The first-order valence-electron chi connectivity index (χ1n) is 11.6. The number of imidazole rings is 1. The van der Waals surface area contributed by atoms with E-state index in [1.807, 2.05) is 40.9 Å². The van der Waals surface area contributed by atoms with Gasteiger partial charge in [0.15, 0.2) is 5.82 Å². The number of likely N-dealkylation sites (tertiary alicyclic amines) is 1. The van der Waals surface area contributed by atoms with Crippen molar-refractivity contribution in [2.24, 2.45) is 18.7 Å². The summed E-state index contributed by atoms with van der Waals surface area (Å²) in [6, 6.07) is 10.1. The molecular weight excluding hydrogens is 416 g/mol. The quantitative estimate of drug-likeness (QED) is 0.522. The van der Waals surface area contributed by atoms with Gasteiger partial charge in [0.25, 0.3) is 5.91 Å². The molecule has 1 saturated heterocycles. The molecule has 1 aliphatic carbocycles. The number of pyridine rings is 1. The minimum atomic E-state index is 0.0110. The van der Waals surface area contributed by atoms with Crippen molar-refractivity contribution in [2.75, 3.05) is 13.7 Å². The fourth-order valence-electron chi connectivity index (χ4n) is 5.86. The number of nitrogens with two attached hydrogens (primary N) is 1. The van der Waals surface area contributed by atoms with Gasteiger partial charge in [0.1, 0.15) is 16.9 Å². The van der Waals surface area contributed by atoms with Gasteiger partial charge in [-0.15, -0.1) is 0 Å². The van der Waals surface area contributed by atoms with E-state index in [1.165, 1.54) is 0 Å². The van der Waals surface area contributed by atoms with Crippen LogP contribution in [0.15, 0.2) is 36.5 Å². The molecule has 2 bridgehead atoms. The third-order valence-electron chi connectivity index (χ3n) is 7.52. The number of rotatable bonds is 4. The average molecular weight is 445 g/mol. The lowest BCUT2D eigenvalue weighted by Gasteiger charge is -2.27. The van der Waals surface area contributed by atoms with Crippen LogP contribution in [-0.4, -0.2) is 55.6 Å². The minimum absolute atomic E-state index is 0.0110. The zero-order valence-corrected chi connectivity index (χ0v) is 19.2. The predicted molar refractivity (Wildman–Crippen MR) is 127 cm³/mol. The van der Waals surface area contributed by atoms with Gasteiger partial charge in [-0.25, -0.2) is 9.97 Å². The third kappa shape index (κ3) is 2.83. The number of carbonyl (C=O) groups is 1. The first-order valence-corrected chi connectivity index (χ1v) is 11.6. The van der Waals surface area contributed by atoms with E-state index in [0.717, 1.165) is 59.5 Å². The van der Waals surface area contributed by atoms with Gasteiger partial charge in [0.05, 0.1) is 18.3 Å². The second-order valence-corrected chi connectivity index (χ2v) is 9.17. The van der Waals surface area contributed by atoms with Crippen LogP contribution < -0.4 is 10.5 Å². The van der Waals surface area contributed by atoms with Crippen LogP contribution in [0.2, 0.25) is 0 Å². The molecule has 1 aromatic carbocycles. The van der Waals surface area contributed by atoms with Gasteiger partial charge in [-0.05, 0) is 56.0 Å². The first kappa shape index (κ1) is 20.2. The van der Waals surface area contributed by atoms with E-state index in [2.05, 4.69) is 28.6 Å². The Balaban J connectivity index is 1.48. The number of hydrogen-bond acceptors (Lipinski definition) is 5. The van der Waals surface area contributed by atoms with Crippen molar-refractivity contribution in [3.63, 3.8) is 0 Å². The van der Waals surface area contributed by atoms with Crippen LogP contribution in [0.1, 0.15) is 30.1 Å². The van der Waals surface area contributed by atoms with Crippen LogP contribution in [-0.2, 0) is 13.6 Å². The highest BCUT2D eigenvalue weighted by molar-refractivity contribution is 6.00. The van der Waals surface area contributed by atoms with Crippen molar-refractivity contribution in [1.82, 2.24) is 24.0 Å². The number of carbonyl (C=O) groups excluding carboxylic acids is 1. The molecule has 1 aliphatic heterocycles. The zero-order valence-electron chi connectivity index (χ0n) is 19.2. The lowest BCUT2D eigenvalue weighted by molar-refractivity contribution is 0.0700. The van der Waals surface area contributed by atoms with E-state index in [4.69, 9.17) is 15.5 Å². The van der Waals surface area contributed by atoms with Crippen molar-refractivity contribution in [3.8, 4) is 17.3 Å². The number of hydrogen-bond donors (Lipinski definition) is 1. The molecule has 4 aromatic rings. The summed E-state index contributed by atoms with van der Waals surface area (Å²) < 4.78 is 9.94. The van der Waals surface area contributed by atoms with Crippen molar-refractivity contribution < 1.29 is 9.53 Å². The molecule has 6 rings (SSSR count). The molecule has 3 aromatic heterocycles. The Bertz CT molecular complexity index is 1400. The van der Waals surface area contributed by atoms with E-state index >= 15 is 0 Å². The topological polar surface area (TPSA) is 91.2 Å². The summed E-state index contributed by atoms with van der Waals surface area (Å²) in [5, 5.41) is 1.07. The lowest BCUT2D eigenvalue weighted by Crippen LogP contribution is -2.41. The molecule has 170 valence electrons. The number of benzene rings is 1. The SMILES string of the molecule is CCn1c(-c2nc3cc(C(=O)N4CC5CCC4C5N)cc(OC)c3n2C)cc2cccnc21. The molecule has 1 amide bonds. The Kier molecular flexibility index (Phi) is 4.48. The van der Waals surface area contributed by atoms with E-state index in [9.17, 15) is 4.79 Å². The van der Waals surface area contributed by atoms with Gasteiger partial charge in [-0.3, -0.25) is 4.79 Å². The zero-order chi connectivity index (χ0) is 22.9. The Morgan fingerprint density at radius 1 is 1.27 bits per heavy atom. The summed E-state index contributed by atoms with van der Waals surface area (Å²) in [6.07, 6.45) is 3.91. The molecule has 33 heavy (non-hydrogen) atoms. The summed E-state index contributed by atoms with van der Waals surface area (Å²) in [5.74, 6) is 1.88. The predicted octanol–water partition coefficient (Wildman–Crippen LogP) is 3.18. The van der Waals surface area contributed by atoms with Crippen molar-refractivity contribution in [3.05, 3.63) is 42.1 Å². The summed E-state index contributed by atoms with van der Waals surface area (Å²) >= 11 is 0. The maximum Gasteiger partial charge on any atom is 0.254 e. The van der Waals surface area contributed by atoms with Gasteiger partial charge in [0, 0.05) is 49.4 Å². The Hall–Kier alpha value is -3.39. The van der Waals surface area contributed by atoms with Crippen LogP contribution in [0, 0.1) is 5.92 Å². The molecule has 0 spiro atoms. The molecule has 4 heterocycles. The molecule has 8 nitrogen and oxygen atoms in total. The normalized spacial score (nSPS) is 22.1. The van der Waals surface area contributed by atoms with Crippen molar-refractivity contribution in [2.45, 2.75) is 38.4 Å². The van der Waals surface area contributed by atoms with Crippen molar-refractivity contribution >= 4 is 28.0 Å². The highest BCUT2D eigenvalue weighted by Crippen LogP contribution is 2.39. The molecule has 2 N–H and O–H groups in total. The smallest absolute Gasteiger partial charge is 0.254 e. The van der Waals surface area contributed by atoms with E-state index in [-0.39, 0.29) is 18.0 Å². The summed E-state index contributed by atoms with van der Waals surface area (Å²) in [4.78, 5) is 24.9. The summed E-state index contributed by atoms with van der Waals surface area (Å²) in [6.45, 7) is 3.62. The van der Waals surface area contributed by atoms with Crippen LogP contribution in [0.25, 0.3) is 33.6 Å². The van der Waals surface area contributed by atoms with E-state index < -0.39 is 0 Å². The van der Waals surface area contributed by atoms with Crippen LogP contribution in [0.5, 0.6) is 5.75 Å². The lowest BCUT2D eigenvalue weighted by atomic mass is 10.1. The number of aryl methyl sites for hydroxylation is 2. The van der Waals surface area contributed by atoms with Gasteiger partial charge < -0.3 is 24.5 Å². The van der Waals surface area contributed by atoms with Gasteiger partial charge >= 0.3 is 0 Å². The molecular formula is C25H28N6O2. The second-order valence-electron chi connectivity index (χ2n) is 9.17. The summed E-state index contributed by atoms with van der Waals surface area (Å²) in [5.41, 5.74) is 10.5. The van der Waals surface area contributed by atoms with Crippen LogP contribution in [0.3, 0.4) is 0 Å². The number of nitrogens with zero attached hydrogens (tertiary/aromatic N) is 5. The Labute approximate surface area is 192 Å². The van der Waals surface area contributed by atoms with Gasteiger partial charge in [0.2, 0.25) is 0 Å². The molecule has 3 unspecified atom stereocenters. The summed E-state index contributed by atoms with van der Waals surface area (Å²) in [7, 11) is 3.62. The second kappa shape index (κ2) is 7.31. The van der Waals surface area contributed by atoms with E-state index in [0.29, 0.717) is 17.2 Å². The fraction of sp³-hybridized carbons (Fsp3) is 0.400. The number of fused-ring (bicyclic) bond motifs is 4. The van der Waals surface area contributed by atoms with Gasteiger partial charge in [-0.2, -0.15) is 0 Å². The maximum atomic E-state index is 13.4. The highest BCUT2D eigenvalue weighted by atomic mass is 16.5. The van der Waals surface area contributed by atoms with Crippen LogP contribution >= 0.6 is 0 Å². The average Bonchev–Trinajstić information content (AvgIpc) is 3.57. The standard InChI is InChI=1S/C25H28N6O2/c1-4-30-19(11-14-6-5-9-27-23(14)30)24-28-17-10-16(12-20(33-3)22(17)29(24)2)25(32)31-13-15-7-8-18(31)21(15)26/h5-6,9-12,15,18,21H,4,7-8,13,26H2,1-3H3. The molecule has 8 heteroatoms. The molecule has 3 atom stereocenters. The number of ether oxygens (including phenoxy) is 1. The Morgan fingerprint density at radius 3 is 2.82 bits per heavy atom. The first-order chi connectivity index (χ1) is 16.0.